The fraction of sp³-hybridized carbons (Fsp3) is 0.143. The van der Waals surface area contributed by atoms with Crippen molar-refractivity contribution in [3.63, 3.8) is 0 Å². The second-order valence-corrected chi connectivity index (χ2v) is 4.35. The van der Waals surface area contributed by atoms with Crippen molar-refractivity contribution in [2.24, 2.45) is 5.14 Å². The molecule has 0 aliphatic heterocycles. The van der Waals surface area contributed by atoms with E-state index >= 15 is 0 Å². The number of sulfonamides is 1. The summed E-state index contributed by atoms with van der Waals surface area (Å²) in [5, 5.41) is 15.3. The summed E-state index contributed by atoms with van der Waals surface area (Å²) in [6.07, 6.45) is 0. The number of hydrogen-bond acceptors (Lipinski definition) is 4. The first kappa shape index (κ1) is 11.5. The van der Waals surface area contributed by atoms with Gasteiger partial charge in [0.15, 0.2) is 0 Å². The Bertz CT molecular complexity index is 526. The number of nitrogens with two attached hydrogens (primary N) is 1. The Kier molecular flexibility index (Phi) is 2.73. The fourth-order valence-electron chi connectivity index (χ4n) is 1.18. The third-order valence-electron chi connectivity index (χ3n) is 1.82. The van der Waals surface area contributed by atoms with Gasteiger partial charge in [0.05, 0.1) is 9.82 Å². The average molecular weight is 234 g/mol. The molecule has 0 radical (unpaired) electrons. The monoisotopic (exact) mass is 234 g/mol. The van der Waals surface area contributed by atoms with Gasteiger partial charge in [0.25, 0.3) is 0 Å². The molecule has 2 N–H and O–H groups in total. The van der Waals surface area contributed by atoms with E-state index in [-0.39, 0.29) is 5.56 Å². The molecule has 0 bridgehead atoms. The van der Waals surface area contributed by atoms with Gasteiger partial charge in [0, 0.05) is 5.56 Å². The minimum atomic E-state index is -4.08. The van der Waals surface area contributed by atoms with Crippen LogP contribution in [0.15, 0.2) is 17.0 Å². The second kappa shape index (κ2) is 3.55. The van der Waals surface area contributed by atoms with Crippen LogP contribution >= 0.6 is 0 Å². The number of nitro groups is 1. The molecule has 8 heteroatoms. The SMILES string of the molecule is Cc1c(S(N)(=O)=O)ccc(F)c1[N+](=O)[O-]. The topological polar surface area (TPSA) is 103 Å². The Hall–Kier alpha value is -1.54. The number of hydrogen-bond donors (Lipinski definition) is 1. The van der Waals surface area contributed by atoms with Crippen LogP contribution in [0.5, 0.6) is 0 Å². The van der Waals surface area contributed by atoms with Gasteiger partial charge in [-0.05, 0) is 19.1 Å². The standard InChI is InChI=1S/C7H7FN2O4S/c1-4-6(15(9,13)14)3-2-5(8)7(4)10(11)12/h2-3H,1H3,(H2,9,13,14). The summed E-state index contributed by atoms with van der Waals surface area (Å²) in [5.74, 6) is -1.09. The van der Waals surface area contributed by atoms with Gasteiger partial charge in [-0.2, -0.15) is 4.39 Å². The number of primary sulfonamides is 1. The van der Waals surface area contributed by atoms with Crippen LogP contribution in [0, 0.1) is 22.9 Å². The molecule has 0 aliphatic rings. The molecule has 1 rings (SSSR count). The van der Waals surface area contributed by atoms with Gasteiger partial charge in [-0.3, -0.25) is 10.1 Å². The highest BCUT2D eigenvalue weighted by atomic mass is 32.2. The fourth-order valence-corrected chi connectivity index (χ4v) is 1.96. The lowest BCUT2D eigenvalue weighted by Crippen LogP contribution is -2.14. The van der Waals surface area contributed by atoms with Crippen LogP contribution in [0.4, 0.5) is 10.1 Å². The van der Waals surface area contributed by atoms with Gasteiger partial charge in [0.2, 0.25) is 15.8 Å². The summed E-state index contributed by atoms with van der Waals surface area (Å²) in [6.45, 7) is 1.13. The minimum Gasteiger partial charge on any atom is -0.258 e. The van der Waals surface area contributed by atoms with Gasteiger partial charge in [-0.1, -0.05) is 0 Å². The van der Waals surface area contributed by atoms with Crippen LogP contribution < -0.4 is 5.14 Å². The highest BCUT2D eigenvalue weighted by Gasteiger charge is 2.24. The van der Waals surface area contributed by atoms with Crippen molar-refractivity contribution in [1.29, 1.82) is 0 Å². The number of nitrogens with zero attached hydrogens (tertiary/aromatic N) is 1. The number of benzene rings is 1. The van der Waals surface area contributed by atoms with Crippen molar-refractivity contribution < 1.29 is 17.7 Å². The van der Waals surface area contributed by atoms with E-state index < -0.39 is 31.3 Å². The van der Waals surface area contributed by atoms with Gasteiger partial charge in [0.1, 0.15) is 0 Å². The van der Waals surface area contributed by atoms with E-state index in [2.05, 4.69) is 0 Å². The summed E-state index contributed by atoms with van der Waals surface area (Å²) >= 11 is 0. The van der Waals surface area contributed by atoms with E-state index in [1.807, 2.05) is 0 Å². The molecule has 82 valence electrons. The van der Waals surface area contributed by atoms with Gasteiger partial charge in [-0.15, -0.1) is 0 Å². The molecule has 0 aliphatic carbocycles. The van der Waals surface area contributed by atoms with E-state index in [4.69, 9.17) is 5.14 Å². The van der Waals surface area contributed by atoms with E-state index in [1.54, 1.807) is 0 Å². The van der Waals surface area contributed by atoms with E-state index in [1.165, 1.54) is 0 Å². The molecule has 0 saturated carbocycles. The smallest absolute Gasteiger partial charge is 0.258 e. The van der Waals surface area contributed by atoms with Crippen LogP contribution in [-0.4, -0.2) is 13.3 Å². The van der Waals surface area contributed by atoms with Crippen LogP contribution in [-0.2, 0) is 10.0 Å². The summed E-state index contributed by atoms with van der Waals surface area (Å²) < 4.78 is 34.9. The molecule has 0 aromatic heterocycles. The summed E-state index contributed by atoms with van der Waals surface area (Å²) in [7, 11) is -4.08. The molecule has 6 nitrogen and oxygen atoms in total. The molecule has 1 aromatic rings. The molecule has 15 heavy (non-hydrogen) atoms. The largest absolute Gasteiger partial charge is 0.309 e. The van der Waals surface area contributed by atoms with Crippen molar-refractivity contribution in [2.45, 2.75) is 11.8 Å². The molecular formula is C7H7FN2O4S. The lowest BCUT2D eigenvalue weighted by molar-refractivity contribution is -0.388. The molecule has 0 heterocycles. The summed E-state index contributed by atoms with van der Waals surface area (Å²) in [5.41, 5.74) is -1.18. The molecule has 1 aromatic carbocycles. The second-order valence-electron chi connectivity index (χ2n) is 2.82. The number of nitro benzene ring substituents is 1. The maximum Gasteiger partial charge on any atom is 0.309 e. The highest BCUT2D eigenvalue weighted by Crippen LogP contribution is 2.27. The Balaban J connectivity index is 3.64. The predicted molar refractivity (Wildman–Crippen MR) is 49.2 cm³/mol. The zero-order valence-electron chi connectivity index (χ0n) is 7.60. The van der Waals surface area contributed by atoms with Crippen LogP contribution in [0.25, 0.3) is 0 Å². The molecule has 0 unspecified atom stereocenters. The van der Waals surface area contributed by atoms with Crippen LogP contribution in [0.3, 0.4) is 0 Å². The van der Waals surface area contributed by atoms with E-state index in [0.717, 1.165) is 13.0 Å². The Morgan fingerprint density at radius 3 is 2.40 bits per heavy atom. The quantitative estimate of drug-likeness (QED) is 0.600. The maximum atomic E-state index is 13.0. The van der Waals surface area contributed by atoms with E-state index in [0.29, 0.717) is 6.07 Å². The molecule has 0 saturated heterocycles. The summed E-state index contributed by atoms with van der Waals surface area (Å²) in [4.78, 5) is 9.02. The third kappa shape index (κ3) is 2.10. The lowest BCUT2D eigenvalue weighted by atomic mass is 10.2. The Labute approximate surface area is 84.7 Å². The molecule has 0 amide bonds. The van der Waals surface area contributed by atoms with Crippen molar-refractivity contribution >= 4 is 15.7 Å². The first-order valence-electron chi connectivity index (χ1n) is 3.71. The van der Waals surface area contributed by atoms with Gasteiger partial charge in [-0.25, -0.2) is 13.6 Å². The van der Waals surface area contributed by atoms with Crippen LogP contribution in [0.1, 0.15) is 5.56 Å². The summed E-state index contributed by atoms with van der Waals surface area (Å²) in [6, 6.07) is 1.60. The van der Waals surface area contributed by atoms with Crippen molar-refractivity contribution in [3.05, 3.63) is 33.6 Å². The first-order chi connectivity index (χ1) is 6.75. The third-order valence-corrected chi connectivity index (χ3v) is 2.88. The van der Waals surface area contributed by atoms with Crippen molar-refractivity contribution in [3.8, 4) is 0 Å². The molecular weight excluding hydrogens is 227 g/mol. The van der Waals surface area contributed by atoms with Crippen LogP contribution in [0.2, 0.25) is 0 Å². The molecule has 0 spiro atoms. The van der Waals surface area contributed by atoms with Crippen molar-refractivity contribution in [1.82, 2.24) is 0 Å². The Morgan fingerprint density at radius 2 is 2.00 bits per heavy atom. The van der Waals surface area contributed by atoms with E-state index in [9.17, 15) is 22.9 Å². The lowest BCUT2D eigenvalue weighted by Gasteiger charge is -2.04. The van der Waals surface area contributed by atoms with Gasteiger partial charge < -0.3 is 0 Å². The van der Waals surface area contributed by atoms with Crippen molar-refractivity contribution in [2.75, 3.05) is 0 Å². The number of halogens is 1. The first-order valence-corrected chi connectivity index (χ1v) is 5.26. The number of rotatable bonds is 2. The molecule has 0 fully saturated rings. The highest BCUT2D eigenvalue weighted by molar-refractivity contribution is 7.89. The zero-order valence-corrected chi connectivity index (χ0v) is 8.41. The normalized spacial score (nSPS) is 11.4. The Morgan fingerprint density at radius 1 is 1.47 bits per heavy atom. The van der Waals surface area contributed by atoms with Gasteiger partial charge >= 0.3 is 5.69 Å². The zero-order chi connectivity index (χ0) is 11.8. The maximum absolute atomic E-state index is 13.0. The molecule has 0 atom stereocenters. The average Bonchev–Trinajstić information content (AvgIpc) is 2.00. The predicted octanol–water partition coefficient (Wildman–Crippen LogP) is 0.690. The minimum absolute atomic E-state index is 0.303.